The molecule has 1 atom stereocenters. The fourth-order valence-electron chi connectivity index (χ4n) is 4.71. The van der Waals surface area contributed by atoms with Crippen molar-refractivity contribution in [1.29, 1.82) is 0 Å². The Morgan fingerprint density at radius 3 is 2.72 bits per heavy atom. The number of benzene rings is 1. The third-order valence-electron chi connectivity index (χ3n) is 6.34. The summed E-state index contributed by atoms with van der Waals surface area (Å²) in [7, 11) is 0. The van der Waals surface area contributed by atoms with Crippen molar-refractivity contribution in [2.24, 2.45) is 5.92 Å². The van der Waals surface area contributed by atoms with Gasteiger partial charge in [-0.1, -0.05) is 24.3 Å². The Morgan fingerprint density at radius 1 is 1.28 bits per heavy atom. The molecule has 25 heavy (non-hydrogen) atoms. The van der Waals surface area contributed by atoms with Gasteiger partial charge in [-0.15, -0.1) is 0 Å². The van der Waals surface area contributed by atoms with Gasteiger partial charge >= 0.3 is 0 Å². The summed E-state index contributed by atoms with van der Waals surface area (Å²) in [6.45, 7) is 3.69. The Labute approximate surface area is 148 Å². The number of hydrogen-bond donors (Lipinski definition) is 1. The molecule has 2 aliphatic rings. The highest BCUT2D eigenvalue weighted by Gasteiger charge is 2.40. The van der Waals surface area contributed by atoms with Gasteiger partial charge in [0.05, 0.1) is 29.9 Å². The lowest BCUT2D eigenvalue weighted by Crippen LogP contribution is -2.39. The van der Waals surface area contributed by atoms with E-state index in [1.807, 2.05) is 32.4 Å². The number of hydrogen-bond acceptors (Lipinski definition) is 2. The van der Waals surface area contributed by atoms with Crippen LogP contribution >= 0.6 is 0 Å². The van der Waals surface area contributed by atoms with E-state index < -0.39 is 11.3 Å². The molecular weight excluding hydrogens is 315 g/mol. The number of fused-ring (bicyclic) bond motifs is 3. The monoisotopic (exact) mass is 342 g/mol. The zero-order chi connectivity index (χ0) is 17.7. The molecular formula is C21H27FN2O. The molecule has 0 amide bonds. The average molecular weight is 342 g/mol. The topological polar surface area (TPSA) is 38.1 Å². The zero-order valence-corrected chi connectivity index (χ0v) is 15.1. The van der Waals surface area contributed by atoms with E-state index in [4.69, 9.17) is 0 Å². The molecule has 0 saturated heterocycles. The van der Waals surface area contributed by atoms with Crippen LogP contribution in [-0.4, -0.2) is 25.9 Å². The summed E-state index contributed by atoms with van der Waals surface area (Å²) in [5, 5.41) is 10.2. The minimum Gasteiger partial charge on any atom is -0.390 e. The van der Waals surface area contributed by atoms with Gasteiger partial charge in [-0.25, -0.2) is 9.37 Å². The van der Waals surface area contributed by atoms with Gasteiger partial charge in [0.1, 0.15) is 5.67 Å². The molecule has 1 fully saturated rings. The van der Waals surface area contributed by atoms with Crippen molar-refractivity contribution in [3.8, 4) is 11.3 Å². The summed E-state index contributed by atoms with van der Waals surface area (Å²) in [5.41, 5.74) is 1.86. The average Bonchev–Trinajstić information content (AvgIpc) is 3.14. The van der Waals surface area contributed by atoms with Gasteiger partial charge in [0.15, 0.2) is 0 Å². The van der Waals surface area contributed by atoms with Crippen molar-refractivity contribution in [3.63, 3.8) is 0 Å². The first kappa shape index (κ1) is 16.8. The van der Waals surface area contributed by atoms with Crippen molar-refractivity contribution in [1.82, 2.24) is 9.55 Å². The molecule has 0 radical (unpaired) electrons. The maximum atomic E-state index is 15.4. The fourth-order valence-corrected chi connectivity index (χ4v) is 4.71. The molecule has 134 valence electrons. The van der Waals surface area contributed by atoms with Crippen LogP contribution in [0.25, 0.3) is 11.3 Å². The maximum absolute atomic E-state index is 15.4. The molecule has 1 aliphatic carbocycles. The van der Waals surface area contributed by atoms with Gasteiger partial charge in [0.25, 0.3) is 0 Å². The summed E-state index contributed by atoms with van der Waals surface area (Å²) < 4.78 is 17.5. The van der Waals surface area contributed by atoms with E-state index in [1.54, 1.807) is 0 Å². The van der Waals surface area contributed by atoms with Crippen LogP contribution in [0, 0.1) is 5.92 Å². The Balaban J connectivity index is 1.46. The highest BCUT2D eigenvalue weighted by Crippen LogP contribution is 2.46. The predicted molar refractivity (Wildman–Crippen MR) is 97.1 cm³/mol. The van der Waals surface area contributed by atoms with E-state index in [2.05, 4.69) is 27.8 Å². The Hall–Kier alpha value is -1.68. The van der Waals surface area contributed by atoms with Crippen LogP contribution in [0.2, 0.25) is 0 Å². The number of alkyl halides is 1. The summed E-state index contributed by atoms with van der Waals surface area (Å²) in [5.74, 6) is 0.212. The number of nitrogens with zero attached hydrogens (tertiary/aromatic N) is 2. The molecule has 0 spiro atoms. The summed E-state index contributed by atoms with van der Waals surface area (Å²) in [4.78, 5) is 4.28. The molecule has 1 saturated carbocycles. The van der Waals surface area contributed by atoms with Gasteiger partial charge in [-0.2, -0.15) is 0 Å². The van der Waals surface area contributed by atoms with Crippen LogP contribution in [0.1, 0.15) is 64.0 Å². The lowest BCUT2D eigenvalue weighted by molar-refractivity contribution is -0.0312. The van der Waals surface area contributed by atoms with E-state index in [-0.39, 0.29) is 12.0 Å². The van der Waals surface area contributed by atoms with E-state index in [1.165, 1.54) is 11.1 Å². The van der Waals surface area contributed by atoms with Gasteiger partial charge in [0.2, 0.25) is 0 Å². The molecule has 1 aliphatic heterocycles. The normalized spacial score (nSPS) is 28.6. The van der Waals surface area contributed by atoms with Crippen molar-refractivity contribution in [3.05, 3.63) is 42.4 Å². The number of aromatic nitrogens is 2. The second kappa shape index (κ2) is 5.94. The third kappa shape index (κ3) is 3.01. The number of rotatable bonds is 4. The number of aliphatic hydroxyl groups is 1. The first-order valence-corrected chi connectivity index (χ1v) is 9.40. The van der Waals surface area contributed by atoms with Crippen LogP contribution in [0.15, 0.2) is 36.8 Å². The smallest absolute Gasteiger partial charge is 0.111 e. The van der Waals surface area contributed by atoms with Crippen molar-refractivity contribution in [2.75, 3.05) is 0 Å². The first-order valence-electron chi connectivity index (χ1n) is 9.40. The van der Waals surface area contributed by atoms with Crippen molar-refractivity contribution < 1.29 is 9.50 Å². The summed E-state index contributed by atoms with van der Waals surface area (Å²) in [6, 6.07) is 8.58. The van der Waals surface area contributed by atoms with E-state index in [9.17, 15) is 5.11 Å². The standard InChI is InChI=1S/C21H27FN2O/c1-20(2,25)15-7-10-21(22,11-8-15)12-9-18-16-5-3-4-6-17(16)19-13-23-14-24(18)19/h3-6,13-15,18,25H,7-12H2,1-2H3/t15?,18-,21?/m0/s1. The highest BCUT2D eigenvalue weighted by molar-refractivity contribution is 5.68. The van der Waals surface area contributed by atoms with Gasteiger partial charge in [0, 0.05) is 5.56 Å². The van der Waals surface area contributed by atoms with Crippen LogP contribution in [0.4, 0.5) is 4.39 Å². The van der Waals surface area contributed by atoms with Crippen LogP contribution in [-0.2, 0) is 0 Å². The first-order chi connectivity index (χ1) is 11.9. The highest BCUT2D eigenvalue weighted by atomic mass is 19.1. The Morgan fingerprint density at radius 2 is 2.00 bits per heavy atom. The second-order valence-corrected chi connectivity index (χ2v) is 8.41. The Bertz CT molecular complexity index is 753. The third-order valence-corrected chi connectivity index (χ3v) is 6.34. The van der Waals surface area contributed by atoms with E-state index in [0.29, 0.717) is 19.3 Å². The Kier molecular flexibility index (Phi) is 3.99. The summed E-state index contributed by atoms with van der Waals surface area (Å²) >= 11 is 0. The van der Waals surface area contributed by atoms with E-state index >= 15 is 4.39 Å². The molecule has 1 aromatic carbocycles. The largest absolute Gasteiger partial charge is 0.390 e. The number of imidazole rings is 1. The molecule has 1 aromatic heterocycles. The molecule has 3 nitrogen and oxygen atoms in total. The van der Waals surface area contributed by atoms with Crippen LogP contribution < -0.4 is 0 Å². The second-order valence-electron chi connectivity index (χ2n) is 8.41. The molecule has 2 aromatic rings. The fraction of sp³-hybridized carbons (Fsp3) is 0.571. The summed E-state index contributed by atoms with van der Waals surface area (Å²) in [6.07, 6.45) is 7.82. The quantitative estimate of drug-likeness (QED) is 0.858. The lowest BCUT2D eigenvalue weighted by Gasteiger charge is -2.39. The van der Waals surface area contributed by atoms with E-state index in [0.717, 1.165) is 25.0 Å². The van der Waals surface area contributed by atoms with Crippen molar-refractivity contribution in [2.45, 2.75) is 69.7 Å². The minimum absolute atomic E-state index is 0.188. The van der Waals surface area contributed by atoms with Gasteiger partial charge < -0.3 is 9.67 Å². The van der Waals surface area contributed by atoms with Gasteiger partial charge in [-0.3, -0.25) is 0 Å². The molecule has 4 heteroatoms. The molecule has 0 unspecified atom stereocenters. The van der Waals surface area contributed by atoms with Crippen LogP contribution in [0.3, 0.4) is 0 Å². The lowest BCUT2D eigenvalue weighted by atomic mass is 9.72. The predicted octanol–water partition coefficient (Wildman–Crippen LogP) is 4.90. The van der Waals surface area contributed by atoms with Crippen LogP contribution in [0.5, 0.6) is 0 Å². The molecule has 4 rings (SSSR count). The maximum Gasteiger partial charge on any atom is 0.111 e. The molecule has 0 bridgehead atoms. The zero-order valence-electron chi connectivity index (χ0n) is 15.1. The minimum atomic E-state index is -1.10. The molecule has 2 heterocycles. The number of halogens is 1. The SMILES string of the molecule is CC(C)(O)C1CCC(F)(CC[C@H]2c3ccccc3-c3cncn32)CC1. The molecule has 1 N–H and O–H groups in total. The van der Waals surface area contributed by atoms with Crippen molar-refractivity contribution >= 4 is 0 Å². The van der Waals surface area contributed by atoms with Gasteiger partial charge in [-0.05, 0) is 63.9 Å².